The lowest BCUT2D eigenvalue weighted by Gasteiger charge is -2.13. The molecule has 6 heteroatoms. The maximum Gasteiger partial charge on any atom is 0.203 e. The number of nitrogens with zero attached hydrogens (tertiary/aromatic N) is 4. The molecule has 0 fully saturated rings. The zero-order chi connectivity index (χ0) is 13.9. The number of rotatable bonds is 4. The lowest BCUT2D eigenvalue weighted by atomic mass is 10.1. The summed E-state index contributed by atoms with van der Waals surface area (Å²) in [4.78, 5) is 4.30. The molecule has 0 amide bonds. The molecule has 0 bridgehead atoms. The van der Waals surface area contributed by atoms with Gasteiger partial charge in [-0.3, -0.25) is 4.40 Å². The normalized spacial score (nSPS) is 12.5. The van der Waals surface area contributed by atoms with E-state index in [4.69, 9.17) is 5.73 Å². The zero-order valence-electron chi connectivity index (χ0n) is 11.2. The van der Waals surface area contributed by atoms with Gasteiger partial charge in [0.05, 0.1) is 0 Å². The average Bonchev–Trinajstić information content (AvgIpc) is 2.88. The number of benzene rings is 1. The van der Waals surface area contributed by atoms with Crippen molar-refractivity contribution in [3.63, 3.8) is 0 Å². The number of hydrogen-bond donors (Lipinski definition) is 2. The van der Waals surface area contributed by atoms with Gasteiger partial charge in [0.15, 0.2) is 5.82 Å². The van der Waals surface area contributed by atoms with Crippen LogP contribution in [0.15, 0.2) is 42.7 Å². The molecule has 3 aromatic rings. The molecule has 0 saturated carbocycles. The molecule has 3 rings (SSSR count). The summed E-state index contributed by atoms with van der Waals surface area (Å²) in [7, 11) is 0. The summed E-state index contributed by atoms with van der Waals surface area (Å²) in [5.74, 6) is 1.53. The Morgan fingerprint density at radius 1 is 1.25 bits per heavy atom. The van der Waals surface area contributed by atoms with E-state index in [0.717, 1.165) is 11.4 Å². The molecule has 2 aromatic heterocycles. The predicted octanol–water partition coefficient (Wildman–Crippen LogP) is 1.54. The minimum absolute atomic E-state index is 0.0951. The van der Waals surface area contributed by atoms with Crippen LogP contribution < -0.4 is 11.1 Å². The highest BCUT2D eigenvalue weighted by Crippen LogP contribution is 2.14. The van der Waals surface area contributed by atoms with Gasteiger partial charge < -0.3 is 11.1 Å². The first-order valence-electron chi connectivity index (χ1n) is 6.46. The Bertz CT molecular complexity index is 706. The molecule has 0 radical (unpaired) electrons. The molecule has 1 unspecified atom stereocenters. The Morgan fingerprint density at radius 3 is 2.85 bits per heavy atom. The maximum atomic E-state index is 6.16. The molecule has 0 saturated heterocycles. The Morgan fingerprint density at radius 2 is 2.05 bits per heavy atom. The molecule has 2 heterocycles. The van der Waals surface area contributed by atoms with Gasteiger partial charge in [0.2, 0.25) is 5.65 Å². The summed E-state index contributed by atoms with van der Waals surface area (Å²) < 4.78 is 1.89. The molecule has 20 heavy (non-hydrogen) atoms. The predicted molar refractivity (Wildman–Crippen MR) is 77.4 cm³/mol. The number of fused-ring (bicyclic) bond motifs is 1. The molecule has 0 aliphatic carbocycles. The molecule has 0 spiro atoms. The SMILES string of the molecule is Cc1nnc2c(NCC(N)c3ccccc3)nccn12. The van der Waals surface area contributed by atoms with Crippen LogP contribution in [-0.2, 0) is 0 Å². The van der Waals surface area contributed by atoms with E-state index in [0.29, 0.717) is 18.0 Å². The quantitative estimate of drug-likeness (QED) is 0.750. The highest BCUT2D eigenvalue weighted by molar-refractivity contribution is 5.62. The van der Waals surface area contributed by atoms with Crippen molar-refractivity contribution in [1.82, 2.24) is 19.6 Å². The van der Waals surface area contributed by atoms with Crippen molar-refractivity contribution in [2.45, 2.75) is 13.0 Å². The molecule has 1 atom stereocenters. The van der Waals surface area contributed by atoms with E-state index < -0.39 is 0 Å². The molecular formula is C14H16N6. The Labute approximate surface area is 116 Å². The number of anilines is 1. The smallest absolute Gasteiger partial charge is 0.203 e. The van der Waals surface area contributed by atoms with Crippen molar-refractivity contribution in [2.75, 3.05) is 11.9 Å². The van der Waals surface area contributed by atoms with Crippen LogP contribution in [0.25, 0.3) is 5.65 Å². The van der Waals surface area contributed by atoms with Crippen LogP contribution in [0.5, 0.6) is 0 Å². The van der Waals surface area contributed by atoms with Crippen molar-refractivity contribution in [3.8, 4) is 0 Å². The van der Waals surface area contributed by atoms with Crippen LogP contribution >= 0.6 is 0 Å². The van der Waals surface area contributed by atoms with Crippen LogP contribution in [0.1, 0.15) is 17.4 Å². The Hall–Kier alpha value is -2.47. The molecule has 0 aliphatic rings. The highest BCUT2D eigenvalue weighted by Gasteiger charge is 2.10. The minimum atomic E-state index is -0.0951. The first kappa shape index (κ1) is 12.6. The van der Waals surface area contributed by atoms with Gasteiger partial charge in [0, 0.05) is 25.0 Å². The molecule has 1 aromatic carbocycles. The maximum absolute atomic E-state index is 6.16. The van der Waals surface area contributed by atoms with Crippen molar-refractivity contribution >= 4 is 11.5 Å². The molecule has 102 valence electrons. The van der Waals surface area contributed by atoms with Gasteiger partial charge >= 0.3 is 0 Å². The van der Waals surface area contributed by atoms with E-state index in [1.165, 1.54) is 0 Å². The standard InChI is InChI=1S/C14H16N6/c1-10-18-19-14-13(16-7-8-20(10)14)17-9-12(15)11-5-3-2-4-6-11/h2-8,12H,9,15H2,1H3,(H,16,17). The van der Waals surface area contributed by atoms with E-state index in [2.05, 4.69) is 20.5 Å². The van der Waals surface area contributed by atoms with Gasteiger partial charge in [-0.25, -0.2) is 4.98 Å². The summed E-state index contributed by atoms with van der Waals surface area (Å²) in [6.45, 7) is 2.49. The molecule has 3 N–H and O–H groups in total. The number of aryl methyl sites for hydroxylation is 1. The second-order valence-electron chi connectivity index (χ2n) is 4.61. The topological polar surface area (TPSA) is 81.1 Å². The summed E-state index contributed by atoms with van der Waals surface area (Å²) in [6, 6.07) is 9.88. The third kappa shape index (κ3) is 2.33. The summed E-state index contributed by atoms with van der Waals surface area (Å²) in [5.41, 5.74) is 7.96. The van der Waals surface area contributed by atoms with E-state index in [-0.39, 0.29) is 6.04 Å². The molecule has 6 nitrogen and oxygen atoms in total. The van der Waals surface area contributed by atoms with Gasteiger partial charge in [-0.2, -0.15) is 0 Å². The molecular weight excluding hydrogens is 252 g/mol. The van der Waals surface area contributed by atoms with Crippen LogP contribution in [0.2, 0.25) is 0 Å². The van der Waals surface area contributed by atoms with Crippen LogP contribution in [0.4, 0.5) is 5.82 Å². The summed E-state index contributed by atoms with van der Waals surface area (Å²) in [6.07, 6.45) is 3.56. The van der Waals surface area contributed by atoms with Crippen molar-refractivity contribution in [2.24, 2.45) is 5.73 Å². The van der Waals surface area contributed by atoms with Crippen LogP contribution in [-0.4, -0.2) is 26.1 Å². The lowest BCUT2D eigenvalue weighted by molar-refractivity contribution is 0.761. The second kappa shape index (κ2) is 5.26. The van der Waals surface area contributed by atoms with Crippen molar-refractivity contribution in [3.05, 3.63) is 54.1 Å². The van der Waals surface area contributed by atoms with Gasteiger partial charge in [-0.1, -0.05) is 30.3 Å². The fourth-order valence-corrected chi connectivity index (χ4v) is 2.09. The minimum Gasteiger partial charge on any atom is -0.365 e. The third-order valence-corrected chi connectivity index (χ3v) is 3.21. The van der Waals surface area contributed by atoms with Gasteiger partial charge in [0.25, 0.3) is 0 Å². The number of nitrogens with two attached hydrogens (primary N) is 1. The first-order chi connectivity index (χ1) is 9.75. The van der Waals surface area contributed by atoms with Gasteiger partial charge in [-0.15, -0.1) is 10.2 Å². The Kier molecular flexibility index (Phi) is 3.30. The number of hydrogen-bond acceptors (Lipinski definition) is 5. The number of aromatic nitrogens is 4. The first-order valence-corrected chi connectivity index (χ1v) is 6.46. The van der Waals surface area contributed by atoms with Crippen LogP contribution in [0.3, 0.4) is 0 Å². The van der Waals surface area contributed by atoms with Crippen molar-refractivity contribution < 1.29 is 0 Å². The number of nitrogens with one attached hydrogen (secondary N) is 1. The molecule has 0 aliphatic heterocycles. The van der Waals surface area contributed by atoms with Gasteiger partial charge in [-0.05, 0) is 12.5 Å². The third-order valence-electron chi connectivity index (χ3n) is 3.21. The second-order valence-corrected chi connectivity index (χ2v) is 4.61. The fourth-order valence-electron chi connectivity index (χ4n) is 2.09. The van der Waals surface area contributed by atoms with E-state index in [1.807, 2.05) is 47.9 Å². The summed E-state index contributed by atoms with van der Waals surface area (Å²) in [5, 5.41) is 11.4. The summed E-state index contributed by atoms with van der Waals surface area (Å²) >= 11 is 0. The van der Waals surface area contributed by atoms with E-state index >= 15 is 0 Å². The highest BCUT2D eigenvalue weighted by atomic mass is 15.3. The lowest BCUT2D eigenvalue weighted by Crippen LogP contribution is -2.21. The van der Waals surface area contributed by atoms with E-state index in [9.17, 15) is 0 Å². The zero-order valence-corrected chi connectivity index (χ0v) is 11.2. The largest absolute Gasteiger partial charge is 0.365 e. The van der Waals surface area contributed by atoms with E-state index in [1.54, 1.807) is 6.20 Å². The fraction of sp³-hybridized carbons (Fsp3) is 0.214. The average molecular weight is 268 g/mol. The van der Waals surface area contributed by atoms with Gasteiger partial charge in [0.1, 0.15) is 5.82 Å². The Balaban J connectivity index is 1.77. The van der Waals surface area contributed by atoms with Crippen molar-refractivity contribution in [1.29, 1.82) is 0 Å². The monoisotopic (exact) mass is 268 g/mol. The van der Waals surface area contributed by atoms with Crippen LogP contribution in [0, 0.1) is 6.92 Å².